The van der Waals surface area contributed by atoms with Crippen molar-refractivity contribution in [1.82, 2.24) is 10.3 Å². The fraction of sp³-hybridized carbons (Fsp3) is 0.176. The molecule has 0 spiro atoms. The summed E-state index contributed by atoms with van der Waals surface area (Å²) in [6.07, 6.45) is 1.88. The molecule has 0 bridgehead atoms. The lowest BCUT2D eigenvalue weighted by molar-refractivity contribution is 0.539. The molecule has 0 aliphatic carbocycles. The smallest absolute Gasteiger partial charge is 0.189 e. The first-order chi connectivity index (χ1) is 11.2. The van der Waals surface area contributed by atoms with E-state index in [-0.39, 0.29) is 0 Å². The van der Waals surface area contributed by atoms with Gasteiger partial charge < -0.3 is 10.2 Å². The summed E-state index contributed by atoms with van der Waals surface area (Å²) in [5, 5.41) is 9.55. The van der Waals surface area contributed by atoms with Gasteiger partial charge in [-0.15, -0.1) is 0 Å². The van der Waals surface area contributed by atoms with Crippen molar-refractivity contribution in [2.45, 2.75) is 9.79 Å². The minimum absolute atomic E-state index is 0.594. The molecule has 118 valence electrons. The number of anilines is 2. The molecule has 3 rings (SSSR count). The Labute approximate surface area is 146 Å². The minimum Gasteiger partial charge on any atom is -0.364 e. The summed E-state index contributed by atoms with van der Waals surface area (Å²) in [4.78, 5) is 4.80. The Hall–Kier alpha value is -2.05. The van der Waals surface area contributed by atoms with Gasteiger partial charge in [-0.1, -0.05) is 36.0 Å². The van der Waals surface area contributed by atoms with Crippen molar-refractivity contribution >= 4 is 46.7 Å². The second kappa shape index (κ2) is 7.02. The molecule has 1 N–H and O–H groups in total. The van der Waals surface area contributed by atoms with Gasteiger partial charge >= 0.3 is 0 Å². The first kappa shape index (κ1) is 15.8. The van der Waals surface area contributed by atoms with E-state index in [1.165, 1.54) is 21.2 Å². The topological polar surface area (TPSA) is 30.9 Å². The predicted octanol–water partition coefficient (Wildman–Crippen LogP) is 3.71. The molecule has 0 amide bonds. The van der Waals surface area contributed by atoms with Crippen molar-refractivity contribution in [2.75, 3.05) is 25.5 Å². The van der Waals surface area contributed by atoms with Crippen LogP contribution in [0.2, 0.25) is 0 Å². The molecule has 6 heteroatoms. The molecule has 4 nitrogen and oxygen atoms in total. The Kier molecular flexibility index (Phi) is 4.83. The summed E-state index contributed by atoms with van der Waals surface area (Å²) in [5.74, 6) is 0. The molecular formula is C17H18N4S2. The number of hydrazone groups is 1. The van der Waals surface area contributed by atoms with Gasteiger partial charge in [-0.05, 0) is 36.5 Å². The average molecular weight is 342 g/mol. The van der Waals surface area contributed by atoms with E-state index >= 15 is 0 Å². The third kappa shape index (κ3) is 3.33. The van der Waals surface area contributed by atoms with Crippen LogP contribution in [-0.2, 0) is 0 Å². The highest BCUT2D eigenvalue weighted by Crippen LogP contribution is 2.47. The van der Waals surface area contributed by atoms with Gasteiger partial charge in [0.15, 0.2) is 5.11 Å². The van der Waals surface area contributed by atoms with E-state index in [9.17, 15) is 0 Å². The van der Waals surface area contributed by atoms with Gasteiger partial charge in [-0.25, -0.2) is 5.01 Å². The van der Waals surface area contributed by atoms with Crippen LogP contribution in [0.3, 0.4) is 0 Å². The highest BCUT2D eigenvalue weighted by atomic mass is 32.2. The molecule has 0 saturated carbocycles. The molecule has 2 aromatic carbocycles. The Morgan fingerprint density at radius 1 is 1.17 bits per heavy atom. The van der Waals surface area contributed by atoms with Crippen LogP contribution in [-0.4, -0.2) is 37.0 Å². The lowest BCUT2D eigenvalue weighted by Gasteiger charge is -2.31. The number of nitrogens with zero attached hydrogens (tertiary/aromatic N) is 3. The van der Waals surface area contributed by atoms with E-state index in [4.69, 9.17) is 12.2 Å². The Balaban J connectivity index is 1.87. The van der Waals surface area contributed by atoms with E-state index < -0.39 is 0 Å². The maximum atomic E-state index is 5.16. The van der Waals surface area contributed by atoms with Gasteiger partial charge in [0, 0.05) is 30.1 Å². The van der Waals surface area contributed by atoms with Gasteiger partial charge in [0.1, 0.15) is 0 Å². The van der Waals surface area contributed by atoms with Crippen LogP contribution < -0.4 is 10.2 Å². The number of para-hydroxylation sites is 2. The zero-order chi connectivity index (χ0) is 16.2. The standard InChI is InChI=1S/C17H18N4S2/c1-18-17(22)20(2)19-11-12-21-13-7-3-5-9-15(13)23-16-10-6-4-8-14(16)21/h3-11H,12H2,1-2H3,(H,18,22)/b19-11-. The minimum atomic E-state index is 0.594. The van der Waals surface area contributed by atoms with Crippen LogP contribution in [0.15, 0.2) is 63.4 Å². The number of fused-ring (bicyclic) bond motifs is 2. The van der Waals surface area contributed by atoms with Crippen LogP contribution in [0.5, 0.6) is 0 Å². The molecule has 2 aromatic rings. The van der Waals surface area contributed by atoms with Crippen molar-refractivity contribution in [3.05, 3.63) is 48.5 Å². The second-order valence-corrected chi connectivity index (χ2v) is 6.50. The van der Waals surface area contributed by atoms with Crippen LogP contribution in [0.4, 0.5) is 11.4 Å². The van der Waals surface area contributed by atoms with Crippen molar-refractivity contribution in [3.63, 3.8) is 0 Å². The molecule has 0 radical (unpaired) electrons. The van der Waals surface area contributed by atoms with E-state index in [2.05, 4.69) is 63.8 Å². The van der Waals surface area contributed by atoms with Crippen molar-refractivity contribution < 1.29 is 0 Å². The average Bonchev–Trinajstić information content (AvgIpc) is 2.60. The maximum absolute atomic E-state index is 5.16. The van der Waals surface area contributed by atoms with E-state index in [0.717, 1.165) is 0 Å². The summed E-state index contributed by atoms with van der Waals surface area (Å²) >= 11 is 6.97. The second-order valence-electron chi connectivity index (χ2n) is 5.02. The molecule has 0 fully saturated rings. The largest absolute Gasteiger partial charge is 0.364 e. The van der Waals surface area contributed by atoms with Crippen molar-refractivity contribution in [2.24, 2.45) is 5.10 Å². The van der Waals surface area contributed by atoms with Gasteiger partial charge in [0.2, 0.25) is 0 Å². The van der Waals surface area contributed by atoms with Crippen LogP contribution >= 0.6 is 24.0 Å². The first-order valence-corrected chi connectivity index (χ1v) is 8.54. The van der Waals surface area contributed by atoms with Gasteiger partial charge in [-0.3, -0.25) is 0 Å². The molecule has 0 unspecified atom stereocenters. The molecule has 1 aliphatic heterocycles. The van der Waals surface area contributed by atoms with Gasteiger partial charge in [0.05, 0.1) is 17.9 Å². The number of nitrogens with one attached hydrogen (secondary N) is 1. The molecule has 0 saturated heterocycles. The fourth-order valence-electron chi connectivity index (χ4n) is 2.43. The predicted molar refractivity (Wildman–Crippen MR) is 102 cm³/mol. The van der Waals surface area contributed by atoms with Gasteiger partial charge in [-0.2, -0.15) is 5.10 Å². The summed E-state index contributed by atoms with van der Waals surface area (Å²) in [6, 6.07) is 16.9. The van der Waals surface area contributed by atoms with Crippen molar-refractivity contribution in [3.8, 4) is 0 Å². The van der Waals surface area contributed by atoms with E-state index in [0.29, 0.717) is 11.7 Å². The lowest BCUT2D eigenvalue weighted by Crippen LogP contribution is -2.31. The zero-order valence-corrected chi connectivity index (χ0v) is 14.7. The molecule has 1 aliphatic rings. The highest BCUT2D eigenvalue weighted by molar-refractivity contribution is 7.99. The zero-order valence-electron chi connectivity index (χ0n) is 13.1. The summed E-state index contributed by atoms with van der Waals surface area (Å²) in [6.45, 7) is 0.686. The summed E-state index contributed by atoms with van der Waals surface area (Å²) in [7, 11) is 3.63. The van der Waals surface area contributed by atoms with Crippen LogP contribution in [0.1, 0.15) is 0 Å². The van der Waals surface area contributed by atoms with Crippen molar-refractivity contribution in [1.29, 1.82) is 0 Å². The first-order valence-electron chi connectivity index (χ1n) is 7.32. The molecular weight excluding hydrogens is 324 g/mol. The number of hydrogen-bond donors (Lipinski definition) is 1. The monoisotopic (exact) mass is 342 g/mol. The molecule has 23 heavy (non-hydrogen) atoms. The molecule has 0 atom stereocenters. The summed E-state index contributed by atoms with van der Waals surface area (Å²) in [5.41, 5.74) is 2.42. The maximum Gasteiger partial charge on any atom is 0.189 e. The Morgan fingerprint density at radius 2 is 1.74 bits per heavy atom. The van der Waals surface area contributed by atoms with E-state index in [1.54, 1.807) is 12.1 Å². The fourth-order valence-corrected chi connectivity index (χ4v) is 3.58. The number of thiocarbonyl (C=S) groups is 1. The number of benzene rings is 2. The van der Waals surface area contributed by atoms with Gasteiger partial charge in [0.25, 0.3) is 0 Å². The SMILES string of the molecule is CNC(=S)N(C)/N=C\CN1c2ccccc2Sc2ccccc21. The third-order valence-electron chi connectivity index (χ3n) is 3.56. The quantitative estimate of drug-likeness (QED) is 0.522. The third-order valence-corrected chi connectivity index (χ3v) is 5.16. The highest BCUT2D eigenvalue weighted by Gasteiger charge is 2.21. The summed E-state index contributed by atoms with van der Waals surface area (Å²) < 4.78 is 0. The van der Waals surface area contributed by atoms with Crippen LogP contribution in [0, 0.1) is 0 Å². The molecule has 0 aromatic heterocycles. The Morgan fingerprint density at radius 3 is 2.30 bits per heavy atom. The lowest BCUT2D eigenvalue weighted by atomic mass is 10.2. The Bertz CT molecular complexity index is 699. The molecule has 1 heterocycles. The normalized spacial score (nSPS) is 12.7. The van der Waals surface area contributed by atoms with E-state index in [1.807, 2.05) is 25.0 Å². The number of hydrogen-bond acceptors (Lipinski definition) is 4. The number of rotatable bonds is 3. The van der Waals surface area contributed by atoms with Crippen LogP contribution in [0.25, 0.3) is 0 Å².